The fourth-order valence-electron chi connectivity index (χ4n) is 2.00. The first-order valence-corrected chi connectivity index (χ1v) is 7.77. The Morgan fingerprint density at radius 2 is 1.71 bits per heavy atom. The Morgan fingerprint density at radius 3 is 2.29 bits per heavy atom. The third-order valence-corrected chi connectivity index (χ3v) is 3.44. The van der Waals surface area contributed by atoms with Crippen LogP contribution in [0.3, 0.4) is 0 Å². The van der Waals surface area contributed by atoms with Gasteiger partial charge in [0.05, 0.1) is 13.3 Å². The van der Waals surface area contributed by atoms with Crippen molar-refractivity contribution in [3.05, 3.63) is 59.7 Å². The van der Waals surface area contributed by atoms with E-state index in [9.17, 15) is 4.79 Å². The van der Waals surface area contributed by atoms with E-state index < -0.39 is 0 Å². The van der Waals surface area contributed by atoms with E-state index in [1.165, 1.54) is 5.56 Å². The van der Waals surface area contributed by atoms with Crippen LogP contribution in [0.15, 0.2) is 53.6 Å². The van der Waals surface area contributed by atoms with Crippen molar-refractivity contribution in [2.75, 3.05) is 13.7 Å². The van der Waals surface area contributed by atoms with Crippen LogP contribution in [0.2, 0.25) is 0 Å². The monoisotopic (exact) mass is 326 g/mol. The van der Waals surface area contributed by atoms with Crippen LogP contribution in [0.5, 0.6) is 11.5 Å². The molecule has 0 fully saturated rings. The second-order valence-corrected chi connectivity index (χ2v) is 5.58. The molecule has 1 amide bonds. The average molecular weight is 326 g/mol. The van der Waals surface area contributed by atoms with Gasteiger partial charge in [0, 0.05) is 0 Å². The van der Waals surface area contributed by atoms with Crippen LogP contribution >= 0.6 is 0 Å². The van der Waals surface area contributed by atoms with E-state index in [2.05, 4.69) is 36.5 Å². The van der Waals surface area contributed by atoms with Gasteiger partial charge in [-0.15, -0.1) is 0 Å². The van der Waals surface area contributed by atoms with Gasteiger partial charge in [0.25, 0.3) is 5.91 Å². The molecule has 2 aromatic rings. The zero-order valence-electron chi connectivity index (χ0n) is 14.2. The van der Waals surface area contributed by atoms with Crippen LogP contribution < -0.4 is 14.9 Å². The van der Waals surface area contributed by atoms with Gasteiger partial charge < -0.3 is 9.47 Å². The van der Waals surface area contributed by atoms with E-state index in [1.54, 1.807) is 37.6 Å². The molecule has 0 saturated heterocycles. The van der Waals surface area contributed by atoms with Gasteiger partial charge in [-0.1, -0.05) is 38.1 Å². The molecule has 0 radical (unpaired) electrons. The lowest BCUT2D eigenvalue weighted by atomic mass is 10.0. The second kappa shape index (κ2) is 8.72. The minimum Gasteiger partial charge on any atom is -0.497 e. The maximum atomic E-state index is 11.7. The highest BCUT2D eigenvalue weighted by Crippen LogP contribution is 2.16. The van der Waals surface area contributed by atoms with Gasteiger partial charge in [-0.2, -0.15) is 5.10 Å². The van der Waals surface area contributed by atoms with Crippen molar-refractivity contribution in [2.24, 2.45) is 5.10 Å². The summed E-state index contributed by atoms with van der Waals surface area (Å²) in [6.45, 7) is 4.19. The van der Waals surface area contributed by atoms with Crippen LogP contribution in [0.4, 0.5) is 0 Å². The van der Waals surface area contributed by atoms with E-state index in [0.717, 1.165) is 11.3 Å². The van der Waals surface area contributed by atoms with Crippen molar-refractivity contribution in [3.63, 3.8) is 0 Å². The van der Waals surface area contributed by atoms with Crippen molar-refractivity contribution in [1.29, 1.82) is 0 Å². The second-order valence-electron chi connectivity index (χ2n) is 5.58. The summed E-state index contributed by atoms with van der Waals surface area (Å²) in [6, 6.07) is 15.1. The molecule has 24 heavy (non-hydrogen) atoms. The van der Waals surface area contributed by atoms with Gasteiger partial charge in [-0.05, 0) is 41.3 Å². The van der Waals surface area contributed by atoms with E-state index >= 15 is 0 Å². The molecule has 0 atom stereocenters. The molecule has 2 rings (SSSR count). The number of hydrazone groups is 1. The maximum absolute atomic E-state index is 11.7. The fraction of sp³-hybridized carbons (Fsp3) is 0.263. The highest BCUT2D eigenvalue weighted by molar-refractivity contribution is 5.82. The van der Waals surface area contributed by atoms with Crippen LogP contribution in [-0.4, -0.2) is 25.8 Å². The molecule has 5 heteroatoms. The maximum Gasteiger partial charge on any atom is 0.277 e. The van der Waals surface area contributed by atoms with Crippen molar-refractivity contribution >= 4 is 12.1 Å². The number of hydrogen-bond acceptors (Lipinski definition) is 4. The molecule has 0 spiro atoms. The highest BCUT2D eigenvalue weighted by atomic mass is 16.5. The third-order valence-electron chi connectivity index (χ3n) is 3.44. The van der Waals surface area contributed by atoms with Gasteiger partial charge >= 0.3 is 0 Å². The minimum atomic E-state index is -0.319. The molecule has 2 aromatic carbocycles. The summed E-state index contributed by atoms with van der Waals surface area (Å²) in [6.07, 6.45) is 1.61. The summed E-state index contributed by atoms with van der Waals surface area (Å²) in [7, 11) is 1.59. The smallest absolute Gasteiger partial charge is 0.277 e. The molecule has 126 valence electrons. The Morgan fingerprint density at radius 1 is 1.08 bits per heavy atom. The van der Waals surface area contributed by atoms with E-state index in [0.29, 0.717) is 11.7 Å². The van der Waals surface area contributed by atoms with Crippen LogP contribution in [-0.2, 0) is 4.79 Å². The summed E-state index contributed by atoms with van der Waals surface area (Å²) < 4.78 is 10.4. The Kier molecular flexibility index (Phi) is 6.37. The first-order chi connectivity index (χ1) is 11.6. The molecule has 5 nitrogen and oxygen atoms in total. The number of nitrogens with zero attached hydrogens (tertiary/aromatic N) is 1. The first-order valence-electron chi connectivity index (χ1n) is 7.77. The largest absolute Gasteiger partial charge is 0.497 e. The molecule has 0 heterocycles. The molecule has 0 aliphatic rings. The first kappa shape index (κ1) is 17.5. The van der Waals surface area contributed by atoms with Crippen molar-refractivity contribution in [1.82, 2.24) is 5.43 Å². The van der Waals surface area contributed by atoms with Gasteiger partial charge in [-0.25, -0.2) is 5.43 Å². The number of carbonyl (C=O) groups excluding carboxylic acids is 1. The van der Waals surface area contributed by atoms with Crippen molar-refractivity contribution < 1.29 is 14.3 Å². The number of methoxy groups -OCH3 is 1. The van der Waals surface area contributed by atoms with Gasteiger partial charge in [0.2, 0.25) is 0 Å². The summed E-state index contributed by atoms with van der Waals surface area (Å²) in [5, 5.41) is 3.93. The number of hydrogen-bond donors (Lipinski definition) is 1. The van der Waals surface area contributed by atoms with Crippen molar-refractivity contribution in [2.45, 2.75) is 19.8 Å². The zero-order chi connectivity index (χ0) is 17.4. The molecule has 0 bridgehead atoms. The lowest BCUT2D eigenvalue weighted by Gasteiger charge is -2.06. The SMILES string of the molecule is COc1ccc(OCC(=O)N/N=C\c2ccc(C(C)C)cc2)cc1. The van der Waals surface area contributed by atoms with Gasteiger partial charge in [0.15, 0.2) is 6.61 Å². The van der Waals surface area contributed by atoms with Crippen LogP contribution in [0.25, 0.3) is 0 Å². The molecule has 0 unspecified atom stereocenters. The summed E-state index contributed by atoms with van der Waals surface area (Å²) in [5.74, 6) is 1.51. The predicted molar refractivity (Wildman–Crippen MR) is 94.8 cm³/mol. The third kappa shape index (κ3) is 5.43. The predicted octanol–water partition coefficient (Wildman–Crippen LogP) is 3.35. The van der Waals surface area contributed by atoms with E-state index in [-0.39, 0.29) is 12.5 Å². The standard InChI is InChI=1S/C19H22N2O3/c1-14(2)16-6-4-15(5-7-16)12-20-21-19(22)13-24-18-10-8-17(23-3)9-11-18/h4-12,14H,13H2,1-3H3,(H,21,22)/b20-12-. The number of ether oxygens (including phenoxy) is 2. The molecule has 1 N–H and O–H groups in total. The lowest BCUT2D eigenvalue weighted by molar-refractivity contribution is -0.123. The highest BCUT2D eigenvalue weighted by Gasteiger charge is 2.02. The molecule has 0 aromatic heterocycles. The fourth-order valence-corrected chi connectivity index (χ4v) is 2.00. The summed E-state index contributed by atoms with van der Waals surface area (Å²) in [5.41, 5.74) is 4.64. The quantitative estimate of drug-likeness (QED) is 0.627. The number of rotatable bonds is 7. The number of amides is 1. The normalized spacial score (nSPS) is 10.8. The molecule has 0 aliphatic heterocycles. The van der Waals surface area contributed by atoms with E-state index in [4.69, 9.17) is 9.47 Å². The molecule has 0 aliphatic carbocycles. The van der Waals surface area contributed by atoms with Crippen molar-refractivity contribution in [3.8, 4) is 11.5 Å². The number of benzene rings is 2. The summed E-state index contributed by atoms with van der Waals surface area (Å²) in [4.78, 5) is 11.7. The van der Waals surface area contributed by atoms with Gasteiger partial charge in [0.1, 0.15) is 11.5 Å². The average Bonchev–Trinajstić information content (AvgIpc) is 2.61. The van der Waals surface area contributed by atoms with E-state index in [1.807, 2.05) is 12.1 Å². The summed E-state index contributed by atoms with van der Waals surface area (Å²) >= 11 is 0. The van der Waals surface area contributed by atoms with Crippen LogP contribution in [0, 0.1) is 0 Å². The Bertz CT molecular complexity index is 677. The minimum absolute atomic E-state index is 0.101. The Hall–Kier alpha value is -2.82. The Labute approximate surface area is 142 Å². The molecular weight excluding hydrogens is 304 g/mol. The van der Waals surface area contributed by atoms with Gasteiger partial charge in [-0.3, -0.25) is 4.79 Å². The lowest BCUT2D eigenvalue weighted by Crippen LogP contribution is -2.24. The number of carbonyl (C=O) groups is 1. The zero-order valence-corrected chi connectivity index (χ0v) is 14.2. The van der Waals surface area contributed by atoms with Crippen LogP contribution in [0.1, 0.15) is 30.9 Å². The topological polar surface area (TPSA) is 59.9 Å². The molecular formula is C19H22N2O3. The molecule has 0 saturated carbocycles. The Balaban J connectivity index is 1.77. The number of nitrogens with one attached hydrogen (secondary N) is 1.